The lowest BCUT2D eigenvalue weighted by molar-refractivity contribution is -0.0568. The van der Waals surface area contributed by atoms with Gasteiger partial charge in [0.1, 0.15) is 0 Å². The molecule has 0 bridgehead atoms. The van der Waals surface area contributed by atoms with Gasteiger partial charge in [-0.3, -0.25) is 4.90 Å². The van der Waals surface area contributed by atoms with Crippen molar-refractivity contribution >= 4 is 0 Å². The first-order valence-corrected chi connectivity index (χ1v) is 6.80. The summed E-state index contributed by atoms with van der Waals surface area (Å²) in [6.45, 7) is 9.94. The van der Waals surface area contributed by atoms with Crippen molar-refractivity contribution in [2.75, 3.05) is 19.7 Å². The zero-order valence-corrected chi connectivity index (χ0v) is 10.9. The van der Waals surface area contributed by atoms with Gasteiger partial charge in [-0.2, -0.15) is 0 Å². The van der Waals surface area contributed by atoms with E-state index in [1.165, 1.54) is 19.3 Å². The first kappa shape index (κ1) is 12.3. The Kier molecular flexibility index (Phi) is 4.22. The van der Waals surface area contributed by atoms with Gasteiger partial charge in [-0.15, -0.1) is 0 Å². The minimum Gasteiger partial charge on any atom is -0.374 e. The number of piperidine rings is 1. The summed E-state index contributed by atoms with van der Waals surface area (Å²) in [6, 6.07) is 1.96. The lowest BCUT2D eigenvalue weighted by atomic mass is 9.94. The molecular formula is C13H26N2O. The molecule has 3 nitrogen and oxygen atoms in total. The molecule has 0 aromatic heterocycles. The zero-order chi connectivity index (χ0) is 11.5. The molecule has 0 saturated carbocycles. The Morgan fingerprint density at radius 2 is 1.94 bits per heavy atom. The lowest BCUT2D eigenvalue weighted by Crippen LogP contribution is -2.57. The molecule has 0 aromatic carbocycles. The maximum atomic E-state index is 5.89. The Hall–Kier alpha value is -0.120. The summed E-state index contributed by atoms with van der Waals surface area (Å²) in [7, 11) is 0. The normalized spacial score (nSPS) is 39.6. The van der Waals surface area contributed by atoms with Crippen LogP contribution < -0.4 is 5.32 Å². The average molecular weight is 226 g/mol. The van der Waals surface area contributed by atoms with Crippen LogP contribution in [0.15, 0.2) is 0 Å². The number of nitrogens with one attached hydrogen (secondary N) is 1. The Morgan fingerprint density at radius 3 is 2.50 bits per heavy atom. The summed E-state index contributed by atoms with van der Waals surface area (Å²) in [6.07, 6.45) is 4.44. The summed E-state index contributed by atoms with van der Waals surface area (Å²) in [4.78, 5) is 2.67. The van der Waals surface area contributed by atoms with Crippen molar-refractivity contribution in [3.63, 3.8) is 0 Å². The zero-order valence-electron chi connectivity index (χ0n) is 10.9. The molecule has 2 saturated heterocycles. The molecule has 2 heterocycles. The molecule has 0 aromatic rings. The van der Waals surface area contributed by atoms with E-state index in [2.05, 4.69) is 31.0 Å². The van der Waals surface area contributed by atoms with Gasteiger partial charge in [0.05, 0.1) is 12.7 Å². The molecule has 0 spiro atoms. The quantitative estimate of drug-likeness (QED) is 0.774. The summed E-state index contributed by atoms with van der Waals surface area (Å²) in [5.41, 5.74) is 0. The van der Waals surface area contributed by atoms with Crippen LogP contribution in [0.25, 0.3) is 0 Å². The summed E-state index contributed by atoms with van der Waals surface area (Å²) >= 11 is 0. The van der Waals surface area contributed by atoms with Crippen molar-refractivity contribution in [3.05, 3.63) is 0 Å². The highest BCUT2D eigenvalue weighted by atomic mass is 16.5. The van der Waals surface area contributed by atoms with E-state index in [0.29, 0.717) is 24.2 Å². The van der Waals surface area contributed by atoms with Crippen LogP contribution in [-0.2, 0) is 4.74 Å². The molecule has 0 aliphatic carbocycles. The molecule has 2 aliphatic rings. The van der Waals surface area contributed by atoms with Crippen molar-refractivity contribution in [3.8, 4) is 0 Å². The molecule has 16 heavy (non-hydrogen) atoms. The van der Waals surface area contributed by atoms with Crippen molar-refractivity contribution in [2.24, 2.45) is 0 Å². The van der Waals surface area contributed by atoms with Crippen molar-refractivity contribution < 1.29 is 4.74 Å². The fourth-order valence-electron chi connectivity index (χ4n) is 3.33. The highest BCUT2D eigenvalue weighted by Gasteiger charge is 2.33. The maximum Gasteiger partial charge on any atom is 0.0852 e. The number of likely N-dealkylation sites (tertiary alicyclic amines) is 1. The largest absolute Gasteiger partial charge is 0.374 e. The molecule has 3 heteroatoms. The smallest absolute Gasteiger partial charge is 0.0852 e. The van der Waals surface area contributed by atoms with Gasteiger partial charge in [0.25, 0.3) is 0 Å². The topological polar surface area (TPSA) is 24.5 Å². The van der Waals surface area contributed by atoms with E-state index in [-0.39, 0.29) is 0 Å². The third-order valence-corrected chi connectivity index (χ3v) is 4.23. The second-order valence-electron chi connectivity index (χ2n) is 5.43. The van der Waals surface area contributed by atoms with Gasteiger partial charge >= 0.3 is 0 Å². The predicted molar refractivity (Wildman–Crippen MR) is 66.7 cm³/mol. The number of hydrogen-bond donors (Lipinski definition) is 1. The first-order valence-electron chi connectivity index (χ1n) is 6.80. The van der Waals surface area contributed by atoms with Crippen LogP contribution in [0.1, 0.15) is 40.0 Å². The summed E-state index contributed by atoms with van der Waals surface area (Å²) in [5, 5.41) is 3.43. The Labute approximate surface area is 99.5 Å². The van der Waals surface area contributed by atoms with Crippen LogP contribution in [0.3, 0.4) is 0 Å². The van der Waals surface area contributed by atoms with Crippen molar-refractivity contribution in [2.45, 2.75) is 64.3 Å². The second-order valence-corrected chi connectivity index (χ2v) is 5.43. The fourth-order valence-corrected chi connectivity index (χ4v) is 3.33. The van der Waals surface area contributed by atoms with Crippen LogP contribution in [0.2, 0.25) is 0 Å². The molecule has 4 unspecified atom stereocenters. The van der Waals surface area contributed by atoms with Gasteiger partial charge in [-0.05, 0) is 33.6 Å². The SMILES string of the molecule is CC1CCCC(C)N1C(C)C1CNCCO1. The molecule has 4 atom stereocenters. The van der Waals surface area contributed by atoms with Gasteiger partial charge < -0.3 is 10.1 Å². The standard InChI is InChI=1S/C13H26N2O/c1-10-5-4-6-11(2)15(10)12(3)13-9-14-7-8-16-13/h10-14H,4-9H2,1-3H3. The molecule has 0 radical (unpaired) electrons. The van der Waals surface area contributed by atoms with Crippen LogP contribution in [0, 0.1) is 0 Å². The average Bonchev–Trinajstić information content (AvgIpc) is 2.30. The maximum absolute atomic E-state index is 5.89. The summed E-state index contributed by atoms with van der Waals surface area (Å²) < 4.78 is 5.89. The number of nitrogens with zero attached hydrogens (tertiary/aromatic N) is 1. The van der Waals surface area contributed by atoms with E-state index in [1.807, 2.05) is 0 Å². The van der Waals surface area contributed by atoms with Crippen molar-refractivity contribution in [1.82, 2.24) is 10.2 Å². The van der Waals surface area contributed by atoms with E-state index in [4.69, 9.17) is 4.74 Å². The van der Waals surface area contributed by atoms with Crippen molar-refractivity contribution in [1.29, 1.82) is 0 Å². The minimum absolute atomic E-state index is 0.372. The van der Waals surface area contributed by atoms with Gasteiger partial charge in [-0.25, -0.2) is 0 Å². The van der Waals surface area contributed by atoms with Crippen LogP contribution in [0.4, 0.5) is 0 Å². The number of ether oxygens (including phenoxy) is 1. The number of hydrogen-bond acceptors (Lipinski definition) is 3. The Morgan fingerprint density at radius 1 is 1.25 bits per heavy atom. The van der Waals surface area contributed by atoms with Gasteiger partial charge in [0.15, 0.2) is 0 Å². The fraction of sp³-hybridized carbons (Fsp3) is 1.00. The molecule has 0 amide bonds. The van der Waals surface area contributed by atoms with Gasteiger partial charge in [0.2, 0.25) is 0 Å². The monoisotopic (exact) mass is 226 g/mol. The van der Waals surface area contributed by atoms with Gasteiger partial charge in [0, 0.05) is 31.2 Å². The number of rotatable bonds is 2. The molecule has 94 valence electrons. The van der Waals surface area contributed by atoms with E-state index < -0.39 is 0 Å². The van der Waals surface area contributed by atoms with E-state index in [1.54, 1.807) is 0 Å². The Balaban J connectivity index is 1.97. The minimum atomic E-state index is 0.372. The predicted octanol–water partition coefficient (Wildman–Crippen LogP) is 1.63. The molecule has 1 N–H and O–H groups in total. The van der Waals surface area contributed by atoms with Crippen LogP contribution >= 0.6 is 0 Å². The lowest BCUT2D eigenvalue weighted by Gasteiger charge is -2.46. The third kappa shape index (κ3) is 2.58. The summed E-state index contributed by atoms with van der Waals surface area (Å²) in [5.74, 6) is 0. The second kappa shape index (κ2) is 5.48. The van der Waals surface area contributed by atoms with Crippen LogP contribution in [-0.4, -0.2) is 48.8 Å². The Bertz CT molecular complexity index is 206. The van der Waals surface area contributed by atoms with E-state index in [9.17, 15) is 0 Å². The third-order valence-electron chi connectivity index (χ3n) is 4.23. The molecule has 2 aliphatic heterocycles. The molecule has 2 rings (SSSR count). The molecular weight excluding hydrogens is 200 g/mol. The van der Waals surface area contributed by atoms with E-state index in [0.717, 1.165) is 19.7 Å². The van der Waals surface area contributed by atoms with Gasteiger partial charge in [-0.1, -0.05) is 6.42 Å². The highest BCUT2D eigenvalue weighted by molar-refractivity contribution is 4.88. The highest BCUT2D eigenvalue weighted by Crippen LogP contribution is 2.26. The van der Waals surface area contributed by atoms with Crippen LogP contribution in [0.5, 0.6) is 0 Å². The van der Waals surface area contributed by atoms with E-state index >= 15 is 0 Å². The number of morpholine rings is 1. The first-order chi connectivity index (χ1) is 7.70. The molecule has 2 fully saturated rings.